The number of hydrogen-bond acceptors (Lipinski definition) is 3. The van der Waals surface area contributed by atoms with E-state index in [1.165, 1.54) is 5.56 Å². The van der Waals surface area contributed by atoms with Gasteiger partial charge in [-0.3, -0.25) is 4.90 Å². The van der Waals surface area contributed by atoms with Gasteiger partial charge in [0.2, 0.25) is 0 Å². The van der Waals surface area contributed by atoms with E-state index in [0.717, 1.165) is 44.2 Å². The number of benzene rings is 1. The second-order valence-corrected chi connectivity index (χ2v) is 5.99. The molecular formula is C16H25ClN2O. The van der Waals surface area contributed by atoms with Crippen LogP contribution in [0, 0.1) is 0 Å². The van der Waals surface area contributed by atoms with E-state index < -0.39 is 0 Å². The van der Waals surface area contributed by atoms with Crippen molar-refractivity contribution >= 4 is 11.6 Å². The fraction of sp³-hybridized carbons (Fsp3) is 0.625. The molecule has 0 bridgehead atoms. The highest BCUT2D eigenvalue weighted by Crippen LogP contribution is 2.20. The summed E-state index contributed by atoms with van der Waals surface area (Å²) in [6, 6.07) is 9.17. The molecular weight excluding hydrogens is 272 g/mol. The van der Waals surface area contributed by atoms with Gasteiger partial charge in [-0.15, -0.1) is 0 Å². The molecule has 0 spiro atoms. The van der Waals surface area contributed by atoms with Crippen molar-refractivity contribution in [2.45, 2.75) is 31.8 Å². The number of ether oxygens (including phenoxy) is 1. The topological polar surface area (TPSA) is 24.5 Å². The summed E-state index contributed by atoms with van der Waals surface area (Å²) in [5.41, 5.74) is 1.31. The lowest BCUT2D eigenvalue weighted by Crippen LogP contribution is -2.39. The molecule has 20 heavy (non-hydrogen) atoms. The molecule has 1 atom stereocenters. The van der Waals surface area contributed by atoms with Crippen LogP contribution in [0.25, 0.3) is 0 Å². The van der Waals surface area contributed by atoms with Gasteiger partial charge < -0.3 is 10.1 Å². The van der Waals surface area contributed by atoms with E-state index in [1.807, 2.05) is 12.1 Å². The van der Waals surface area contributed by atoms with Crippen molar-refractivity contribution in [3.8, 4) is 0 Å². The van der Waals surface area contributed by atoms with Crippen molar-refractivity contribution in [2.24, 2.45) is 0 Å². The first-order chi connectivity index (χ1) is 9.66. The first kappa shape index (κ1) is 15.8. The lowest BCUT2D eigenvalue weighted by Gasteiger charge is -2.28. The predicted octanol–water partition coefficient (Wildman–Crippen LogP) is 3.10. The minimum atomic E-state index is 0.406. The molecule has 0 saturated carbocycles. The molecule has 0 aromatic heterocycles. The summed E-state index contributed by atoms with van der Waals surface area (Å²) in [7, 11) is 2.17. The Hall–Kier alpha value is -0.610. The molecule has 1 aromatic carbocycles. The number of rotatable bonds is 6. The quantitative estimate of drug-likeness (QED) is 0.873. The molecule has 0 amide bonds. The van der Waals surface area contributed by atoms with Gasteiger partial charge in [0.1, 0.15) is 0 Å². The van der Waals surface area contributed by atoms with Crippen LogP contribution in [0.1, 0.15) is 31.4 Å². The van der Waals surface area contributed by atoms with Crippen molar-refractivity contribution in [2.75, 3.05) is 33.4 Å². The minimum absolute atomic E-state index is 0.406. The maximum absolute atomic E-state index is 5.93. The lowest BCUT2D eigenvalue weighted by atomic mass is 10.1. The molecule has 1 heterocycles. The van der Waals surface area contributed by atoms with Gasteiger partial charge in [-0.05, 0) is 44.5 Å². The van der Waals surface area contributed by atoms with Crippen LogP contribution in [0.2, 0.25) is 5.02 Å². The maximum atomic E-state index is 5.93. The van der Waals surface area contributed by atoms with E-state index in [2.05, 4.69) is 36.3 Å². The number of nitrogens with one attached hydrogen (secondary N) is 1. The van der Waals surface area contributed by atoms with Crippen LogP contribution in [0.3, 0.4) is 0 Å². The van der Waals surface area contributed by atoms with Crippen LogP contribution < -0.4 is 5.32 Å². The van der Waals surface area contributed by atoms with E-state index in [0.29, 0.717) is 12.1 Å². The standard InChI is InChI=1S/C16H25ClN2O/c1-13(14-3-5-15(17)6-4-14)19(2)10-9-18-16-7-11-20-12-8-16/h3-6,13,16,18H,7-12H2,1-2H3. The molecule has 1 fully saturated rings. The first-order valence-corrected chi connectivity index (χ1v) is 7.81. The van der Waals surface area contributed by atoms with Gasteiger partial charge in [-0.1, -0.05) is 23.7 Å². The molecule has 1 aliphatic heterocycles. The normalized spacial score (nSPS) is 18.4. The van der Waals surface area contributed by atoms with Gasteiger partial charge in [0.05, 0.1) is 0 Å². The van der Waals surface area contributed by atoms with Crippen molar-refractivity contribution in [1.29, 1.82) is 0 Å². The predicted molar refractivity (Wildman–Crippen MR) is 84.3 cm³/mol. The van der Waals surface area contributed by atoms with Gasteiger partial charge in [0.25, 0.3) is 0 Å². The Kier molecular flexibility index (Phi) is 6.30. The Labute approximate surface area is 127 Å². The van der Waals surface area contributed by atoms with E-state index in [4.69, 9.17) is 16.3 Å². The summed E-state index contributed by atoms with van der Waals surface area (Å²) in [6.07, 6.45) is 2.27. The second kappa shape index (κ2) is 7.99. The molecule has 0 aliphatic carbocycles. The van der Waals surface area contributed by atoms with Crippen molar-refractivity contribution < 1.29 is 4.74 Å². The third-order valence-corrected chi connectivity index (χ3v) is 4.38. The van der Waals surface area contributed by atoms with Gasteiger partial charge in [0, 0.05) is 43.4 Å². The molecule has 1 unspecified atom stereocenters. The molecule has 2 rings (SSSR count). The van der Waals surface area contributed by atoms with Crippen LogP contribution in [0.4, 0.5) is 0 Å². The Balaban J connectivity index is 1.73. The lowest BCUT2D eigenvalue weighted by molar-refractivity contribution is 0.0771. The van der Waals surface area contributed by atoms with E-state index in [9.17, 15) is 0 Å². The van der Waals surface area contributed by atoms with Gasteiger partial charge >= 0.3 is 0 Å². The zero-order valence-corrected chi connectivity index (χ0v) is 13.2. The Morgan fingerprint density at radius 2 is 1.95 bits per heavy atom. The van der Waals surface area contributed by atoms with Crippen LogP contribution in [-0.2, 0) is 4.74 Å². The number of hydrogen-bond donors (Lipinski definition) is 1. The summed E-state index contributed by atoms with van der Waals surface area (Å²) in [6.45, 7) is 6.10. The first-order valence-electron chi connectivity index (χ1n) is 7.43. The molecule has 1 aliphatic rings. The SMILES string of the molecule is CC(c1ccc(Cl)cc1)N(C)CCNC1CCOCC1. The van der Waals surface area contributed by atoms with Gasteiger partial charge in [-0.2, -0.15) is 0 Å². The van der Waals surface area contributed by atoms with Crippen molar-refractivity contribution in [1.82, 2.24) is 10.2 Å². The average molecular weight is 297 g/mol. The van der Waals surface area contributed by atoms with Gasteiger partial charge in [-0.25, -0.2) is 0 Å². The Morgan fingerprint density at radius 3 is 2.60 bits per heavy atom. The molecule has 3 nitrogen and oxygen atoms in total. The second-order valence-electron chi connectivity index (χ2n) is 5.55. The molecule has 4 heteroatoms. The fourth-order valence-corrected chi connectivity index (χ4v) is 2.66. The zero-order chi connectivity index (χ0) is 14.4. The maximum Gasteiger partial charge on any atom is 0.0480 e. The van der Waals surface area contributed by atoms with E-state index in [1.54, 1.807) is 0 Å². The Morgan fingerprint density at radius 1 is 1.30 bits per heavy atom. The molecule has 1 aromatic rings. The van der Waals surface area contributed by atoms with Crippen LogP contribution in [-0.4, -0.2) is 44.3 Å². The Bertz CT molecular complexity index is 390. The third-order valence-electron chi connectivity index (χ3n) is 4.13. The monoisotopic (exact) mass is 296 g/mol. The molecule has 1 saturated heterocycles. The fourth-order valence-electron chi connectivity index (χ4n) is 2.54. The largest absolute Gasteiger partial charge is 0.381 e. The average Bonchev–Trinajstić information content (AvgIpc) is 2.48. The van der Waals surface area contributed by atoms with E-state index in [-0.39, 0.29) is 0 Å². The third kappa shape index (κ3) is 4.74. The summed E-state index contributed by atoms with van der Waals surface area (Å²) >= 11 is 5.93. The summed E-state index contributed by atoms with van der Waals surface area (Å²) in [5.74, 6) is 0. The molecule has 112 valence electrons. The van der Waals surface area contributed by atoms with E-state index >= 15 is 0 Å². The summed E-state index contributed by atoms with van der Waals surface area (Å²) < 4.78 is 5.37. The molecule has 0 radical (unpaired) electrons. The molecule has 1 N–H and O–H groups in total. The number of halogens is 1. The van der Waals surface area contributed by atoms with Crippen molar-refractivity contribution in [3.63, 3.8) is 0 Å². The van der Waals surface area contributed by atoms with Crippen LogP contribution in [0.5, 0.6) is 0 Å². The zero-order valence-electron chi connectivity index (χ0n) is 12.4. The summed E-state index contributed by atoms with van der Waals surface area (Å²) in [4.78, 5) is 2.37. The highest BCUT2D eigenvalue weighted by molar-refractivity contribution is 6.30. The van der Waals surface area contributed by atoms with Crippen molar-refractivity contribution in [3.05, 3.63) is 34.9 Å². The highest BCUT2D eigenvalue weighted by Gasteiger charge is 2.14. The van der Waals surface area contributed by atoms with Crippen LogP contribution in [0.15, 0.2) is 24.3 Å². The number of nitrogens with zero attached hydrogens (tertiary/aromatic N) is 1. The highest BCUT2D eigenvalue weighted by atomic mass is 35.5. The van der Waals surface area contributed by atoms with Gasteiger partial charge in [0.15, 0.2) is 0 Å². The smallest absolute Gasteiger partial charge is 0.0480 e. The summed E-state index contributed by atoms with van der Waals surface area (Å²) in [5, 5.41) is 4.42. The minimum Gasteiger partial charge on any atom is -0.381 e. The van der Waals surface area contributed by atoms with Crippen LogP contribution >= 0.6 is 11.6 Å². The number of likely N-dealkylation sites (N-methyl/N-ethyl adjacent to an activating group) is 1.